The van der Waals surface area contributed by atoms with Crippen molar-refractivity contribution in [3.8, 4) is 5.75 Å². The fourth-order valence-corrected chi connectivity index (χ4v) is 3.26. The molecule has 0 unspecified atom stereocenters. The zero-order valence-corrected chi connectivity index (χ0v) is 17.7. The SMILES string of the molecule is Cc1nc(Nc2ccc(NC(=O)COc3ccccc3F)cc2)cc(N2CCOCC2)n1. The monoisotopic (exact) mass is 437 g/mol. The van der Waals surface area contributed by atoms with Crippen molar-refractivity contribution in [3.05, 3.63) is 66.2 Å². The molecular weight excluding hydrogens is 413 g/mol. The third-order valence-electron chi connectivity index (χ3n) is 4.80. The van der Waals surface area contributed by atoms with E-state index in [1.165, 1.54) is 12.1 Å². The number of ether oxygens (including phenoxy) is 2. The lowest BCUT2D eigenvalue weighted by Crippen LogP contribution is -2.36. The number of rotatable bonds is 7. The van der Waals surface area contributed by atoms with E-state index in [1.54, 1.807) is 24.3 Å². The van der Waals surface area contributed by atoms with E-state index in [0.717, 1.165) is 24.6 Å². The summed E-state index contributed by atoms with van der Waals surface area (Å²) in [4.78, 5) is 23.3. The number of morpholine rings is 1. The van der Waals surface area contributed by atoms with Gasteiger partial charge in [-0.1, -0.05) is 12.1 Å². The Labute approximate surface area is 185 Å². The molecule has 1 saturated heterocycles. The fraction of sp³-hybridized carbons (Fsp3) is 0.261. The summed E-state index contributed by atoms with van der Waals surface area (Å²) in [5, 5.41) is 6.00. The Morgan fingerprint density at radius 2 is 1.81 bits per heavy atom. The lowest BCUT2D eigenvalue weighted by Gasteiger charge is -2.28. The number of amides is 1. The molecule has 0 bridgehead atoms. The van der Waals surface area contributed by atoms with E-state index < -0.39 is 5.82 Å². The highest BCUT2D eigenvalue weighted by Gasteiger charge is 2.14. The largest absolute Gasteiger partial charge is 0.481 e. The number of para-hydroxylation sites is 1. The van der Waals surface area contributed by atoms with E-state index >= 15 is 0 Å². The molecule has 166 valence electrons. The van der Waals surface area contributed by atoms with Gasteiger partial charge in [0.05, 0.1) is 13.2 Å². The van der Waals surface area contributed by atoms with E-state index in [9.17, 15) is 9.18 Å². The molecule has 8 nitrogen and oxygen atoms in total. The summed E-state index contributed by atoms with van der Waals surface area (Å²) in [5.74, 6) is 1.38. The van der Waals surface area contributed by atoms with Crippen molar-refractivity contribution in [1.82, 2.24) is 9.97 Å². The second-order valence-corrected chi connectivity index (χ2v) is 7.23. The van der Waals surface area contributed by atoms with E-state index in [1.807, 2.05) is 25.1 Å². The van der Waals surface area contributed by atoms with Crippen LogP contribution < -0.4 is 20.3 Å². The minimum absolute atomic E-state index is 0.0405. The summed E-state index contributed by atoms with van der Waals surface area (Å²) in [6.07, 6.45) is 0. The van der Waals surface area contributed by atoms with Crippen LogP contribution in [0.15, 0.2) is 54.6 Å². The molecular formula is C23H24FN5O3. The average Bonchev–Trinajstić information content (AvgIpc) is 2.80. The second-order valence-electron chi connectivity index (χ2n) is 7.23. The molecule has 2 aromatic carbocycles. The molecule has 0 atom stereocenters. The summed E-state index contributed by atoms with van der Waals surface area (Å²) in [6, 6.07) is 15.1. The van der Waals surface area contributed by atoms with Crippen LogP contribution in [0.1, 0.15) is 5.82 Å². The lowest BCUT2D eigenvalue weighted by molar-refractivity contribution is -0.118. The van der Waals surface area contributed by atoms with E-state index in [-0.39, 0.29) is 18.3 Å². The van der Waals surface area contributed by atoms with Crippen molar-refractivity contribution in [2.45, 2.75) is 6.92 Å². The topological polar surface area (TPSA) is 88.6 Å². The summed E-state index contributed by atoms with van der Waals surface area (Å²) >= 11 is 0. The molecule has 3 aromatic rings. The van der Waals surface area contributed by atoms with Gasteiger partial charge in [-0.05, 0) is 43.3 Å². The second kappa shape index (κ2) is 10.1. The normalized spacial score (nSPS) is 13.5. The van der Waals surface area contributed by atoms with Crippen LogP contribution in [0.25, 0.3) is 0 Å². The molecule has 0 spiro atoms. The maximum Gasteiger partial charge on any atom is 0.262 e. The molecule has 0 saturated carbocycles. The zero-order chi connectivity index (χ0) is 22.3. The van der Waals surface area contributed by atoms with Crippen molar-refractivity contribution < 1.29 is 18.7 Å². The quantitative estimate of drug-likeness (QED) is 0.585. The molecule has 1 amide bonds. The van der Waals surface area contributed by atoms with Gasteiger partial charge in [-0.3, -0.25) is 4.79 Å². The van der Waals surface area contributed by atoms with Gasteiger partial charge in [0.2, 0.25) is 0 Å². The first-order valence-corrected chi connectivity index (χ1v) is 10.3. The number of hydrogen-bond donors (Lipinski definition) is 2. The zero-order valence-electron chi connectivity index (χ0n) is 17.7. The maximum absolute atomic E-state index is 13.6. The molecule has 0 radical (unpaired) electrons. The third kappa shape index (κ3) is 5.70. The first kappa shape index (κ1) is 21.5. The van der Waals surface area contributed by atoms with Crippen LogP contribution in [0, 0.1) is 12.7 Å². The number of nitrogens with one attached hydrogen (secondary N) is 2. The van der Waals surface area contributed by atoms with Gasteiger partial charge >= 0.3 is 0 Å². The van der Waals surface area contributed by atoms with Gasteiger partial charge in [-0.25, -0.2) is 14.4 Å². The minimum Gasteiger partial charge on any atom is -0.481 e. The van der Waals surface area contributed by atoms with Gasteiger partial charge in [-0.2, -0.15) is 0 Å². The van der Waals surface area contributed by atoms with Crippen LogP contribution in [-0.2, 0) is 9.53 Å². The number of hydrogen-bond acceptors (Lipinski definition) is 7. The highest BCUT2D eigenvalue weighted by molar-refractivity contribution is 5.92. The summed E-state index contributed by atoms with van der Waals surface area (Å²) < 4.78 is 24.2. The Morgan fingerprint density at radius 3 is 2.56 bits per heavy atom. The van der Waals surface area contributed by atoms with Crippen molar-refractivity contribution in [3.63, 3.8) is 0 Å². The Hall–Kier alpha value is -3.72. The Bertz CT molecular complexity index is 1070. The molecule has 32 heavy (non-hydrogen) atoms. The number of carbonyl (C=O) groups is 1. The number of aromatic nitrogens is 2. The molecule has 0 aliphatic carbocycles. The molecule has 1 aromatic heterocycles. The maximum atomic E-state index is 13.6. The Kier molecular flexibility index (Phi) is 6.76. The molecule has 2 heterocycles. The highest BCUT2D eigenvalue weighted by atomic mass is 19.1. The third-order valence-corrected chi connectivity index (χ3v) is 4.80. The van der Waals surface area contributed by atoms with Gasteiger partial charge in [-0.15, -0.1) is 0 Å². The summed E-state index contributed by atoms with van der Waals surface area (Å²) in [5.41, 5.74) is 1.42. The molecule has 4 rings (SSSR count). The predicted octanol–water partition coefficient (Wildman–Crippen LogP) is 3.52. The molecule has 2 N–H and O–H groups in total. The number of aryl methyl sites for hydroxylation is 1. The van der Waals surface area contributed by atoms with Crippen molar-refractivity contribution in [2.75, 3.05) is 48.4 Å². The van der Waals surface area contributed by atoms with Crippen LogP contribution in [0.4, 0.5) is 27.4 Å². The number of nitrogens with zero attached hydrogens (tertiary/aromatic N) is 3. The van der Waals surface area contributed by atoms with Crippen LogP contribution in [-0.4, -0.2) is 48.8 Å². The Balaban J connectivity index is 1.34. The number of benzene rings is 2. The van der Waals surface area contributed by atoms with Crippen LogP contribution >= 0.6 is 0 Å². The van der Waals surface area contributed by atoms with E-state index in [2.05, 4.69) is 25.5 Å². The van der Waals surface area contributed by atoms with Crippen LogP contribution in [0.3, 0.4) is 0 Å². The van der Waals surface area contributed by atoms with Crippen molar-refractivity contribution >= 4 is 28.9 Å². The van der Waals surface area contributed by atoms with Gasteiger partial charge in [0.15, 0.2) is 18.2 Å². The number of carbonyl (C=O) groups excluding carboxylic acids is 1. The van der Waals surface area contributed by atoms with Crippen LogP contribution in [0.5, 0.6) is 5.75 Å². The van der Waals surface area contributed by atoms with Crippen LogP contribution in [0.2, 0.25) is 0 Å². The Morgan fingerprint density at radius 1 is 1.09 bits per heavy atom. The van der Waals surface area contributed by atoms with Gasteiger partial charge < -0.3 is 25.0 Å². The first-order chi connectivity index (χ1) is 15.6. The summed E-state index contributed by atoms with van der Waals surface area (Å²) in [7, 11) is 0. The van der Waals surface area contributed by atoms with Crippen molar-refractivity contribution in [2.24, 2.45) is 0 Å². The minimum atomic E-state index is -0.507. The lowest BCUT2D eigenvalue weighted by atomic mass is 10.2. The summed E-state index contributed by atoms with van der Waals surface area (Å²) in [6.45, 7) is 4.53. The van der Waals surface area contributed by atoms with Gasteiger partial charge in [0.1, 0.15) is 17.5 Å². The molecule has 1 aliphatic rings. The number of halogens is 1. The standard InChI is InChI=1S/C23H24FN5O3/c1-16-25-21(14-22(26-16)29-10-12-31-13-11-29)27-17-6-8-18(9-7-17)28-23(30)15-32-20-5-3-2-4-19(20)24/h2-9,14H,10-13,15H2,1H3,(H,28,30)(H,25,26,27). The number of anilines is 4. The van der Waals surface area contributed by atoms with E-state index in [0.29, 0.717) is 30.5 Å². The van der Waals surface area contributed by atoms with E-state index in [4.69, 9.17) is 9.47 Å². The molecule has 1 fully saturated rings. The van der Waals surface area contributed by atoms with Gasteiger partial charge in [0, 0.05) is 30.5 Å². The average molecular weight is 437 g/mol. The molecule has 9 heteroatoms. The van der Waals surface area contributed by atoms with Crippen molar-refractivity contribution in [1.29, 1.82) is 0 Å². The fourth-order valence-electron chi connectivity index (χ4n) is 3.26. The smallest absolute Gasteiger partial charge is 0.262 e. The van der Waals surface area contributed by atoms with Gasteiger partial charge in [0.25, 0.3) is 5.91 Å². The molecule has 1 aliphatic heterocycles. The predicted molar refractivity (Wildman–Crippen MR) is 120 cm³/mol. The first-order valence-electron chi connectivity index (χ1n) is 10.3. The highest BCUT2D eigenvalue weighted by Crippen LogP contribution is 2.22.